The van der Waals surface area contributed by atoms with Crippen molar-refractivity contribution in [2.24, 2.45) is 11.8 Å². The monoisotopic (exact) mass is 737 g/mol. The number of rotatable bonds is 18. The Hall–Kier alpha value is -3.59. The van der Waals surface area contributed by atoms with E-state index in [1.807, 2.05) is 32.0 Å². The molecule has 7 unspecified atom stereocenters. The molecule has 1 saturated heterocycles. The van der Waals surface area contributed by atoms with Crippen molar-refractivity contribution in [3.8, 4) is 0 Å². The molecule has 14 nitrogen and oxygen atoms in total. The minimum absolute atomic E-state index is 0.0186. The molecule has 2 rings (SSSR count). The van der Waals surface area contributed by atoms with E-state index in [1.165, 1.54) is 31.1 Å². The number of hydrogen-bond acceptors (Lipinski definition) is 9. The first kappa shape index (κ1) is 48.4. The van der Waals surface area contributed by atoms with Gasteiger partial charge >= 0.3 is 5.97 Å². The first-order chi connectivity index (χ1) is 24.6. The number of carboxylic acids is 1. The highest BCUT2D eigenvalue weighted by molar-refractivity contribution is 5.87. The van der Waals surface area contributed by atoms with E-state index in [0.717, 1.165) is 0 Å². The number of nitrogens with one attached hydrogen (secondary N) is 2. The molecule has 0 spiro atoms. The summed E-state index contributed by atoms with van der Waals surface area (Å²) in [4.78, 5) is 67.5. The number of aliphatic hydroxyl groups excluding tert-OH is 1. The van der Waals surface area contributed by atoms with Crippen LogP contribution in [0.1, 0.15) is 72.3 Å². The van der Waals surface area contributed by atoms with Gasteiger partial charge in [0.05, 0.1) is 49.8 Å². The van der Waals surface area contributed by atoms with Gasteiger partial charge in [-0.25, -0.2) is 0 Å². The zero-order valence-electron chi connectivity index (χ0n) is 33.4. The molecular weight excluding hydrogens is 670 g/mol. The Labute approximate surface area is 311 Å². The second-order valence-corrected chi connectivity index (χ2v) is 13.5. The van der Waals surface area contributed by atoms with Crippen LogP contribution in [-0.2, 0) is 33.4 Å². The molecule has 0 bridgehead atoms. The summed E-state index contributed by atoms with van der Waals surface area (Å²) in [6.45, 7) is 11.2. The maximum Gasteiger partial charge on any atom is 0.322 e. The van der Waals surface area contributed by atoms with Crippen LogP contribution in [0.5, 0.6) is 0 Å². The Morgan fingerprint density at radius 2 is 1.52 bits per heavy atom. The Balaban J connectivity index is 0.00000224. The summed E-state index contributed by atoms with van der Waals surface area (Å²) in [6.07, 6.45) is 1.97. The highest BCUT2D eigenvalue weighted by Gasteiger charge is 2.42. The van der Waals surface area contributed by atoms with Crippen molar-refractivity contribution < 1.29 is 43.7 Å². The van der Waals surface area contributed by atoms with Gasteiger partial charge < -0.3 is 40.1 Å². The van der Waals surface area contributed by atoms with Gasteiger partial charge in [-0.3, -0.25) is 28.9 Å². The smallest absolute Gasteiger partial charge is 0.322 e. The molecule has 0 saturated carbocycles. The van der Waals surface area contributed by atoms with Gasteiger partial charge in [-0.2, -0.15) is 0 Å². The second-order valence-electron chi connectivity index (χ2n) is 13.5. The normalized spacial score (nSPS) is 17.2. The number of aryl methyl sites for hydroxylation is 1. The van der Waals surface area contributed by atoms with Crippen molar-refractivity contribution in [1.82, 2.24) is 25.3 Å². The van der Waals surface area contributed by atoms with Gasteiger partial charge in [0.1, 0.15) is 12.6 Å². The molecule has 1 aliphatic heterocycles. The SMILES string of the molecule is CCC.CCC(C)C(C(CC(=O)N1CCCC1C(OC)C(C)C(=O)NCC(=O)O)OC)N(C)C(=O)CNC(=O)C(CO)N(C)C.Cc1ccccc1. The van der Waals surface area contributed by atoms with Gasteiger partial charge in [0.2, 0.25) is 23.6 Å². The van der Waals surface area contributed by atoms with Gasteiger partial charge in [-0.1, -0.05) is 83.4 Å². The van der Waals surface area contributed by atoms with E-state index in [9.17, 15) is 29.1 Å². The predicted octanol–water partition coefficient (Wildman–Crippen LogP) is 2.56. The molecular formula is C38H67N5O9. The molecule has 1 heterocycles. The summed E-state index contributed by atoms with van der Waals surface area (Å²) in [6, 6.07) is 8.61. The maximum atomic E-state index is 13.7. The number of amides is 4. The van der Waals surface area contributed by atoms with E-state index in [0.29, 0.717) is 25.8 Å². The Morgan fingerprint density at radius 1 is 0.942 bits per heavy atom. The number of benzene rings is 1. The third-order valence-corrected chi connectivity index (χ3v) is 9.17. The summed E-state index contributed by atoms with van der Waals surface area (Å²) in [5.74, 6) is -3.41. The van der Waals surface area contributed by atoms with Crippen LogP contribution in [0, 0.1) is 18.8 Å². The Bertz CT molecular complexity index is 1200. The van der Waals surface area contributed by atoms with Gasteiger partial charge in [0.25, 0.3) is 0 Å². The van der Waals surface area contributed by atoms with Crippen LogP contribution < -0.4 is 10.6 Å². The van der Waals surface area contributed by atoms with Crippen molar-refractivity contribution in [3.63, 3.8) is 0 Å². The van der Waals surface area contributed by atoms with Crippen molar-refractivity contribution in [2.45, 2.75) is 104 Å². The highest BCUT2D eigenvalue weighted by atomic mass is 16.5. The predicted molar refractivity (Wildman–Crippen MR) is 201 cm³/mol. The molecule has 0 aliphatic carbocycles. The molecule has 298 valence electrons. The number of aliphatic carboxylic acids is 1. The van der Waals surface area contributed by atoms with E-state index >= 15 is 0 Å². The van der Waals surface area contributed by atoms with Crippen molar-refractivity contribution in [2.75, 3.05) is 61.6 Å². The van der Waals surface area contributed by atoms with E-state index < -0.39 is 60.6 Å². The van der Waals surface area contributed by atoms with Crippen LogP contribution in [0.15, 0.2) is 30.3 Å². The van der Waals surface area contributed by atoms with E-state index in [4.69, 9.17) is 14.6 Å². The minimum Gasteiger partial charge on any atom is -0.480 e. The Morgan fingerprint density at radius 3 is 1.96 bits per heavy atom. The lowest BCUT2D eigenvalue weighted by molar-refractivity contribution is -0.146. The summed E-state index contributed by atoms with van der Waals surface area (Å²) in [5.41, 5.74) is 1.32. The Kier molecular flexibility index (Phi) is 24.4. The lowest BCUT2D eigenvalue weighted by atomic mass is 9.90. The third-order valence-electron chi connectivity index (χ3n) is 9.17. The quantitative estimate of drug-likeness (QED) is 0.175. The van der Waals surface area contributed by atoms with Crippen LogP contribution in [0.4, 0.5) is 0 Å². The third kappa shape index (κ3) is 16.4. The number of carbonyl (C=O) groups is 5. The van der Waals surface area contributed by atoms with Gasteiger partial charge in [0, 0.05) is 27.8 Å². The highest BCUT2D eigenvalue weighted by Crippen LogP contribution is 2.29. The summed E-state index contributed by atoms with van der Waals surface area (Å²) >= 11 is 0. The molecule has 52 heavy (non-hydrogen) atoms. The van der Waals surface area contributed by atoms with Crippen LogP contribution >= 0.6 is 0 Å². The molecule has 14 heteroatoms. The van der Waals surface area contributed by atoms with Gasteiger partial charge in [0.15, 0.2) is 0 Å². The number of aliphatic hydroxyl groups is 1. The second kappa shape index (κ2) is 26.2. The topological polar surface area (TPSA) is 178 Å². The standard InChI is InChI=1S/C28H51N5O9.C7H8.C3H8/c1-9-17(2)25(32(6)23(36)14-29-28(40)20(16-34)31(4)5)21(41-7)13-22(35)33-12-10-11-19(33)26(42-8)18(3)27(39)30-15-24(37)38;1-7-5-3-2-4-6-7;1-3-2/h17-21,25-26,34H,9-16H2,1-8H3,(H,29,40)(H,30,39)(H,37,38);2-6H,1H3;3H2,1-2H3. The molecule has 1 aromatic carbocycles. The van der Waals surface area contributed by atoms with Crippen LogP contribution in [0.3, 0.4) is 0 Å². The molecule has 4 N–H and O–H groups in total. The molecule has 1 aliphatic rings. The number of ether oxygens (including phenoxy) is 2. The largest absolute Gasteiger partial charge is 0.480 e. The van der Waals surface area contributed by atoms with E-state index in [-0.39, 0.29) is 37.3 Å². The number of hydrogen-bond donors (Lipinski definition) is 4. The summed E-state index contributed by atoms with van der Waals surface area (Å²) < 4.78 is 11.4. The molecule has 0 radical (unpaired) electrons. The number of nitrogens with zero attached hydrogens (tertiary/aromatic N) is 3. The first-order valence-electron chi connectivity index (χ1n) is 18.2. The minimum atomic E-state index is -1.16. The van der Waals surface area contributed by atoms with Gasteiger partial charge in [-0.15, -0.1) is 0 Å². The summed E-state index contributed by atoms with van der Waals surface area (Å²) in [5, 5.41) is 23.3. The molecule has 4 amide bonds. The van der Waals surface area contributed by atoms with Crippen LogP contribution in [0.2, 0.25) is 0 Å². The maximum absolute atomic E-state index is 13.7. The average Bonchev–Trinajstić information content (AvgIpc) is 3.60. The number of carboxylic acid groups (broad SMARTS) is 1. The number of likely N-dealkylation sites (tertiary alicyclic amines) is 1. The van der Waals surface area contributed by atoms with Crippen molar-refractivity contribution in [3.05, 3.63) is 35.9 Å². The summed E-state index contributed by atoms with van der Waals surface area (Å²) in [7, 11) is 7.88. The van der Waals surface area contributed by atoms with E-state index in [2.05, 4.69) is 43.5 Å². The fourth-order valence-corrected chi connectivity index (χ4v) is 6.07. The lowest BCUT2D eigenvalue weighted by Gasteiger charge is -2.39. The molecule has 7 atom stereocenters. The first-order valence-corrected chi connectivity index (χ1v) is 18.2. The lowest BCUT2D eigenvalue weighted by Crippen LogP contribution is -2.55. The van der Waals surface area contributed by atoms with Crippen LogP contribution in [0.25, 0.3) is 0 Å². The fourth-order valence-electron chi connectivity index (χ4n) is 6.07. The van der Waals surface area contributed by atoms with E-state index in [1.54, 1.807) is 37.9 Å². The number of methoxy groups -OCH3 is 2. The molecule has 1 aromatic rings. The van der Waals surface area contributed by atoms with Crippen molar-refractivity contribution >= 4 is 29.6 Å². The zero-order chi connectivity index (χ0) is 40.0. The number of likely N-dealkylation sites (N-methyl/N-ethyl adjacent to an activating group) is 2. The van der Waals surface area contributed by atoms with Gasteiger partial charge in [-0.05, 0) is 39.8 Å². The molecule has 1 fully saturated rings. The number of carbonyl (C=O) groups excluding carboxylic acids is 4. The van der Waals surface area contributed by atoms with Crippen LogP contribution in [-0.4, -0.2) is 146 Å². The molecule has 0 aromatic heterocycles. The zero-order valence-corrected chi connectivity index (χ0v) is 33.4. The average molecular weight is 738 g/mol. The van der Waals surface area contributed by atoms with Crippen molar-refractivity contribution in [1.29, 1.82) is 0 Å². The fraction of sp³-hybridized carbons (Fsp3) is 0.711.